The molecule has 0 aromatic heterocycles. The van der Waals surface area contributed by atoms with Crippen molar-refractivity contribution < 1.29 is 29.4 Å². The average molecular weight is 433 g/mol. The molecule has 0 aromatic rings. The number of rotatable bonds is 7. The Hall–Kier alpha value is -2.57. The van der Waals surface area contributed by atoms with Gasteiger partial charge in [0.15, 0.2) is 17.4 Å². The van der Waals surface area contributed by atoms with Crippen molar-refractivity contribution in [2.75, 3.05) is 39.3 Å². The highest BCUT2D eigenvalue weighted by Crippen LogP contribution is 2.33. The highest BCUT2D eigenvalue weighted by molar-refractivity contribution is 6.22. The Kier molecular flexibility index (Phi) is 7.50. The second-order valence-electron chi connectivity index (χ2n) is 7.16. The summed E-state index contributed by atoms with van der Waals surface area (Å²) in [5.41, 5.74) is 1.87. The lowest BCUT2D eigenvalue weighted by Crippen LogP contribution is -2.29. The molecule has 0 radical (unpaired) electrons. The fraction of sp³-hybridized carbons (Fsp3) is 0.500. The third-order valence-electron chi connectivity index (χ3n) is 5.08. The van der Waals surface area contributed by atoms with Crippen molar-refractivity contribution in [1.82, 2.24) is 14.7 Å². The molecule has 0 unspecified atom stereocenters. The predicted molar refractivity (Wildman–Crippen MR) is 113 cm³/mol. The Bertz CT molecular complexity index is 840. The molecule has 2 N–H and O–H groups in total. The molecule has 3 saturated heterocycles. The van der Waals surface area contributed by atoms with Gasteiger partial charge in [-0.25, -0.2) is 9.59 Å². The Morgan fingerprint density at radius 3 is 1.53 bits per heavy atom. The Morgan fingerprint density at radius 1 is 0.800 bits per heavy atom. The number of ketones is 2. The van der Waals surface area contributed by atoms with E-state index in [2.05, 4.69) is 0 Å². The van der Waals surface area contributed by atoms with E-state index in [4.69, 9.17) is 10.2 Å². The molecule has 9 nitrogen and oxygen atoms in total. The highest BCUT2D eigenvalue weighted by Gasteiger charge is 2.43. The van der Waals surface area contributed by atoms with E-state index >= 15 is 0 Å². The summed E-state index contributed by atoms with van der Waals surface area (Å²) in [6, 6.07) is 0. The summed E-state index contributed by atoms with van der Waals surface area (Å²) in [7, 11) is 0. The normalized spacial score (nSPS) is 19.9. The third-order valence-corrected chi connectivity index (χ3v) is 5.08. The van der Waals surface area contributed by atoms with Gasteiger partial charge < -0.3 is 24.9 Å². The van der Waals surface area contributed by atoms with Crippen molar-refractivity contribution in [1.29, 1.82) is 0 Å². The maximum atomic E-state index is 12.4. The van der Waals surface area contributed by atoms with Gasteiger partial charge in [0, 0.05) is 56.5 Å². The van der Waals surface area contributed by atoms with Crippen LogP contribution in [0.25, 0.3) is 0 Å². The topological polar surface area (TPSA) is 118 Å². The zero-order valence-corrected chi connectivity index (χ0v) is 16.6. The predicted octanol–water partition coefficient (Wildman–Crippen LogP) is -0.731. The summed E-state index contributed by atoms with van der Waals surface area (Å²) in [6.45, 7) is 8.66. The van der Waals surface area contributed by atoms with Crippen molar-refractivity contribution >= 4 is 40.9 Å². The fourth-order valence-electron chi connectivity index (χ4n) is 3.26. The van der Waals surface area contributed by atoms with Gasteiger partial charge in [0.25, 0.3) is 0 Å². The summed E-state index contributed by atoms with van der Waals surface area (Å²) in [4.78, 5) is 51.5. The number of Topliss-reactive ketones (excluding diaryl/α,β-unsaturated/α-hetero) is 1. The lowest BCUT2D eigenvalue weighted by Gasteiger charge is -2.21. The van der Waals surface area contributed by atoms with Gasteiger partial charge >= 0.3 is 11.9 Å². The molecule has 1 aliphatic carbocycles. The van der Waals surface area contributed by atoms with E-state index in [-0.39, 0.29) is 52.9 Å². The summed E-state index contributed by atoms with van der Waals surface area (Å²) >= 11 is 0. The van der Waals surface area contributed by atoms with Crippen LogP contribution in [0, 0.1) is 0 Å². The number of carboxylic acid groups (broad SMARTS) is 2. The summed E-state index contributed by atoms with van der Waals surface area (Å²) < 4.78 is 0. The first-order valence-corrected chi connectivity index (χ1v) is 9.78. The summed E-state index contributed by atoms with van der Waals surface area (Å²) in [5.74, 6) is -2.24. The van der Waals surface area contributed by atoms with E-state index in [9.17, 15) is 19.2 Å². The molecule has 30 heavy (non-hydrogen) atoms. The second kappa shape index (κ2) is 9.50. The van der Waals surface area contributed by atoms with Crippen LogP contribution in [0.1, 0.15) is 26.7 Å². The van der Waals surface area contributed by atoms with Crippen LogP contribution in [0.2, 0.25) is 0 Å². The first-order valence-electron chi connectivity index (χ1n) is 9.78. The standard InChI is InChI=1S/C12H13N3O2.C8H12O4.Al.3H/c16-9-7-8(13-1-2-13)12(17)11(15-5-6-15)10(9)14-3-4-14;1-3-5(7(9)10)6(4-2)8(11)12;;;;/h7H,1-6H2;3-4H2,1-2H3,(H,9,10)(H,11,12);;;;/b;6-5-;;;;. The molecule has 0 saturated carbocycles. The smallest absolute Gasteiger partial charge is 0.332 e. The number of aliphatic carboxylic acids is 2. The highest BCUT2D eigenvalue weighted by atomic mass is 27.0. The van der Waals surface area contributed by atoms with Gasteiger partial charge in [0.1, 0.15) is 11.4 Å². The molecular weight excluding hydrogens is 405 g/mol. The van der Waals surface area contributed by atoms with Crippen molar-refractivity contribution in [3.63, 3.8) is 0 Å². The molecule has 0 bridgehead atoms. The maximum absolute atomic E-state index is 12.4. The van der Waals surface area contributed by atoms with Crippen LogP contribution in [-0.4, -0.2) is 105 Å². The monoisotopic (exact) mass is 433 g/mol. The number of nitrogens with zero attached hydrogens (tertiary/aromatic N) is 3. The van der Waals surface area contributed by atoms with Gasteiger partial charge in [-0.2, -0.15) is 0 Å². The van der Waals surface area contributed by atoms with E-state index in [1.165, 1.54) is 6.08 Å². The van der Waals surface area contributed by atoms with Crippen molar-refractivity contribution in [3.8, 4) is 0 Å². The Labute approximate surface area is 185 Å². The summed E-state index contributed by atoms with van der Waals surface area (Å²) in [6.07, 6.45) is 2.01. The van der Waals surface area contributed by atoms with Gasteiger partial charge in [0.2, 0.25) is 11.6 Å². The largest absolute Gasteiger partial charge is 0.478 e. The third kappa shape index (κ3) is 5.12. The lowest BCUT2D eigenvalue weighted by molar-refractivity contribution is -0.136. The van der Waals surface area contributed by atoms with Gasteiger partial charge in [0.05, 0.1) is 5.70 Å². The minimum Gasteiger partial charge on any atom is -0.478 e. The molecule has 3 fully saturated rings. The summed E-state index contributed by atoms with van der Waals surface area (Å²) in [5, 5.41) is 17.2. The minimum atomic E-state index is -1.14. The first-order chi connectivity index (χ1) is 13.8. The van der Waals surface area contributed by atoms with Crippen molar-refractivity contribution in [2.24, 2.45) is 0 Å². The second-order valence-corrected chi connectivity index (χ2v) is 7.16. The molecular formula is C20H28AlN3O6. The van der Waals surface area contributed by atoms with Crippen LogP contribution in [0.15, 0.2) is 34.3 Å². The Morgan fingerprint density at radius 2 is 1.20 bits per heavy atom. The van der Waals surface area contributed by atoms with Crippen molar-refractivity contribution in [3.05, 3.63) is 34.3 Å². The number of carbonyl (C=O) groups is 4. The Balaban J connectivity index is 0.000000222. The van der Waals surface area contributed by atoms with Gasteiger partial charge in [-0.3, -0.25) is 9.59 Å². The van der Waals surface area contributed by atoms with E-state index in [0.717, 1.165) is 39.3 Å². The van der Waals surface area contributed by atoms with Crippen LogP contribution in [0.4, 0.5) is 0 Å². The van der Waals surface area contributed by atoms with Gasteiger partial charge in [-0.15, -0.1) is 0 Å². The van der Waals surface area contributed by atoms with E-state index in [1.54, 1.807) is 13.8 Å². The molecule has 10 heteroatoms. The van der Waals surface area contributed by atoms with Gasteiger partial charge in [-0.1, -0.05) is 13.8 Å². The molecule has 0 spiro atoms. The fourth-order valence-corrected chi connectivity index (χ4v) is 3.26. The molecule has 162 valence electrons. The van der Waals surface area contributed by atoms with Gasteiger partial charge in [-0.05, 0) is 12.8 Å². The molecule has 4 aliphatic rings. The molecule has 3 heterocycles. The van der Waals surface area contributed by atoms with Crippen LogP contribution >= 0.6 is 0 Å². The lowest BCUT2D eigenvalue weighted by atomic mass is 10.0. The SMILES string of the molecule is CC/C(C(=O)O)=C(\CC)C(=O)O.O=C1C=C(N2CC2)C(=O)C(N2CC2)=C1N1CC1.[AlH3]. The number of carboxylic acids is 2. The number of hydrogen-bond acceptors (Lipinski definition) is 7. The average Bonchev–Trinajstić information content (AvgIpc) is 3.52. The number of allylic oxidation sites excluding steroid dienone is 1. The van der Waals surface area contributed by atoms with Crippen LogP contribution < -0.4 is 0 Å². The van der Waals surface area contributed by atoms with E-state index in [0.29, 0.717) is 17.1 Å². The van der Waals surface area contributed by atoms with Crippen LogP contribution in [0.5, 0.6) is 0 Å². The molecule has 0 atom stereocenters. The molecule has 0 amide bonds. The van der Waals surface area contributed by atoms with Crippen LogP contribution in [0.3, 0.4) is 0 Å². The van der Waals surface area contributed by atoms with E-state index < -0.39 is 11.9 Å². The maximum Gasteiger partial charge on any atom is 0.332 e. The van der Waals surface area contributed by atoms with E-state index in [1.807, 2.05) is 14.7 Å². The first kappa shape index (κ1) is 23.7. The number of carbonyl (C=O) groups excluding carboxylic acids is 2. The zero-order chi connectivity index (χ0) is 21.3. The molecule has 3 aliphatic heterocycles. The zero-order valence-electron chi connectivity index (χ0n) is 16.6. The number of hydrogen-bond donors (Lipinski definition) is 2. The minimum absolute atomic E-state index is 0. The quantitative estimate of drug-likeness (QED) is 0.232. The molecule has 0 aromatic carbocycles. The molecule has 4 rings (SSSR count). The van der Waals surface area contributed by atoms with Crippen LogP contribution in [-0.2, 0) is 19.2 Å². The van der Waals surface area contributed by atoms with Crippen molar-refractivity contribution in [2.45, 2.75) is 26.7 Å².